The Balaban J connectivity index is 2.04. The van der Waals surface area contributed by atoms with Gasteiger partial charge in [0.05, 0.1) is 32.5 Å². The van der Waals surface area contributed by atoms with Gasteiger partial charge in [0.1, 0.15) is 5.52 Å². The van der Waals surface area contributed by atoms with Crippen LogP contribution < -0.4 is 4.72 Å². The molecule has 1 unspecified atom stereocenters. The highest BCUT2D eigenvalue weighted by atomic mass is 32.2. The second kappa shape index (κ2) is 7.99. The lowest BCUT2D eigenvalue weighted by Crippen LogP contribution is -2.42. The number of aryl methyl sites for hydroxylation is 1. The third-order valence-electron chi connectivity index (χ3n) is 4.36. The first-order valence-corrected chi connectivity index (χ1v) is 11.7. The minimum Gasteiger partial charge on any atom is -0.246 e. The van der Waals surface area contributed by atoms with Gasteiger partial charge in [-0.15, -0.1) is 0 Å². The molecule has 7 nitrogen and oxygen atoms in total. The quantitative estimate of drug-likeness (QED) is 0.610. The highest BCUT2D eigenvalue weighted by molar-refractivity contribution is 7.90. The van der Waals surface area contributed by atoms with Crippen LogP contribution in [0.25, 0.3) is 11.2 Å². The standard InChI is InChI=1S/C19H21F3N4O3S2/c1-12-5-7-13(8-6-12)31(28,29)26-10-9-14-17(26)23-11-15(24-14)16(19(20,21)22)25-30(27)18(2,3)4/h5-11,16,25H,1-4H3/t16?,30-/m1/s1. The first-order chi connectivity index (χ1) is 14.2. The molecule has 0 amide bonds. The minimum atomic E-state index is -4.79. The van der Waals surface area contributed by atoms with E-state index in [0.717, 1.165) is 15.7 Å². The molecule has 0 saturated heterocycles. The van der Waals surface area contributed by atoms with E-state index in [-0.39, 0.29) is 16.1 Å². The van der Waals surface area contributed by atoms with Gasteiger partial charge in [-0.2, -0.15) is 13.2 Å². The Bertz CT molecular complexity index is 1230. The van der Waals surface area contributed by atoms with Gasteiger partial charge in [0.25, 0.3) is 10.0 Å². The maximum absolute atomic E-state index is 13.6. The van der Waals surface area contributed by atoms with Crippen LogP contribution >= 0.6 is 0 Å². The number of halogens is 3. The molecule has 0 radical (unpaired) electrons. The van der Waals surface area contributed by atoms with Crippen LogP contribution in [0.15, 0.2) is 47.6 Å². The van der Waals surface area contributed by atoms with Gasteiger partial charge >= 0.3 is 6.18 Å². The molecule has 0 aliphatic carbocycles. The number of benzene rings is 1. The molecule has 0 saturated carbocycles. The number of aromatic nitrogens is 3. The highest BCUT2D eigenvalue weighted by Crippen LogP contribution is 2.33. The summed E-state index contributed by atoms with van der Waals surface area (Å²) in [5.41, 5.74) is 0.218. The fourth-order valence-corrected chi connectivity index (χ4v) is 4.76. The molecule has 3 aromatic rings. The van der Waals surface area contributed by atoms with E-state index < -0.39 is 43.7 Å². The van der Waals surface area contributed by atoms with Crippen LogP contribution in [-0.4, -0.2) is 37.5 Å². The van der Waals surface area contributed by atoms with Gasteiger partial charge in [-0.05, 0) is 45.9 Å². The summed E-state index contributed by atoms with van der Waals surface area (Å²) < 4.78 is 81.0. The molecular weight excluding hydrogens is 453 g/mol. The van der Waals surface area contributed by atoms with E-state index in [1.165, 1.54) is 45.2 Å². The molecule has 31 heavy (non-hydrogen) atoms. The molecule has 0 aliphatic rings. The van der Waals surface area contributed by atoms with Crippen LogP contribution in [0.1, 0.15) is 38.1 Å². The zero-order valence-corrected chi connectivity index (χ0v) is 18.8. The van der Waals surface area contributed by atoms with E-state index in [1.54, 1.807) is 12.1 Å². The summed E-state index contributed by atoms with van der Waals surface area (Å²) in [6, 6.07) is 5.08. The van der Waals surface area contributed by atoms with Gasteiger partial charge in [0.2, 0.25) is 0 Å². The molecule has 0 fully saturated rings. The average molecular weight is 475 g/mol. The van der Waals surface area contributed by atoms with Crippen LogP contribution in [0.2, 0.25) is 0 Å². The molecule has 0 bridgehead atoms. The molecule has 2 heterocycles. The summed E-state index contributed by atoms with van der Waals surface area (Å²) >= 11 is 0. The maximum Gasteiger partial charge on any atom is 0.410 e. The lowest BCUT2D eigenvalue weighted by atomic mass is 10.2. The molecule has 0 spiro atoms. The summed E-state index contributed by atoms with van der Waals surface area (Å²) in [6.07, 6.45) is -2.76. The topological polar surface area (TPSA) is 94.0 Å². The van der Waals surface area contributed by atoms with Gasteiger partial charge < -0.3 is 0 Å². The molecule has 168 valence electrons. The van der Waals surface area contributed by atoms with E-state index in [2.05, 4.69) is 14.7 Å². The van der Waals surface area contributed by atoms with Crippen molar-refractivity contribution in [1.82, 2.24) is 18.7 Å². The Hall–Kier alpha value is -2.31. The van der Waals surface area contributed by atoms with Crippen molar-refractivity contribution in [2.24, 2.45) is 0 Å². The van der Waals surface area contributed by atoms with Crippen molar-refractivity contribution in [2.75, 3.05) is 0 Å². The van der Waals surface area contributed by atoms with E-state index in [0.29, 0.717) is 0 Å². The third-order valence-corrected chi connectivity index (χ3v) is 7.60. The third kappa shape index (κ3) is 4.80. The van der Waals surface area contributed by atoms with Crippen molar-refractivity contribution >= 4 is 32.2 Å². The van der Waals surface area contributed by atoms with Crippen molar-refractivity contribution in [3.8, 4) is 0 Å². The van der Waals surface area contributed by atoms with Gasteiger partial charge in [-0.1, -0.05) is 17.7 Å². The molecule has 2 aromatic heterocycles. The predicted molar refractivity (Wildman–Crippen MR) is 111 cm³/mol. The second-order valence-corrected chi connectivity index (χ2v) is 11.7. The van der Waals surface area contributed by atoms with Gasteiger partial charge in [0, 0.05) is 6.20 Å². The van der Waals surface area contributed by atoms with E-state index in [4.69, 9.17) is 0 Å². The van der Waals surface area contributed by atoms with Crippen LogP contribution in [-0.2, 0) is 21.0 Å². The average Bonchev–Trinajstić information content (AvgIpc) is 3.08. The van der Waals surface area contributed by atoms with Gasteiger partial charge in [-0.3, -0.25) is 0 Å². The van der Waals surface area contributed by atoms with Crippen LogP contribution in [0.4, 0.5) is 13.2 Å². The SMILES string of the molecule is Cc1ccc(S(=O)(=O)n2ccc3nc(C(N[S@](=O)C(C)(C)C)C(F)(F)F)cnc32)cc1. The summed E-state index contributed by atoms with van der Waals surface area (Å²) in [7, 11) is -6.03. The Morgan fingerprint density at radius 3 is 2.26 bits per heavy atom. The summed E-state index contributed by atoms with van der Waals surface area (Å²) in [5.74, 6) is 0. The molecule has 12 heteroatoms. The first-order valence-electron chi connectivity index (χ1n) is 9.12. The Kier molecular flexibility index (Phi) is 6.02. The van der Waals surface area contributed by atoms with Crippen molar-refractivity contribution in [1.29, 1.82) is 0 Å². The number of hydrogen-bond acceptors (Lipinski definition) is 5. The van der Waals surface area contributed by atoms with Crippen LogP contribution in [0.3, 0.4) is 0 Å². The van der Waals surface area contributed by atoms with E-state index in [9.17, 15) is 25.8 Å². The summed E-state index contributed by atoms with van der Waals surface area (Å²) in [5, 5.41) is 0. The van der Waals surface area contributed by atoms with Crippen LogP contribution in [0.5, 0.6) is 0 Å². The lowest BCUT2D eigenvalue weighted by molar-refractivity contribution is -0.153. The normalized spacial score (nSPS) is 15.2. The number of fused-ring (bicyclic) bond motifs is 1. The fourth-order valence-electron chi connectivity index (χ4n) is 2.64. The van der Waals surface area contributed by atoms with Crippen LogP contribution in [0, 0.1) is 6.92 Å². The highest BCUT2D eigenvalue weighted by Gasteiger charge is 2.44. The van der Waals surface area contributed by atoms with E-state index >= 15 is 0 Å². The Morgan fingerprint density at radius 1 is 1.10 bits per heavy atom. The number of nitrogens with one attached hydrogen (secondary N) is 1. The summed E-state index contributed by atoms with van der Waals surface area (Å²) in [4.78, 5) is 7.90. The number of rotatable bonds is 5. The fraction of sp³-hybridized carbons (Fsp3) is 0.368. The van der Waals surface area contributed by atoms with Crippen molar-refractivity contribution in [3.05, 3.63) is 54.0 Å². The zero-order chi connectivity index (χ0) is 23.2. The molecule has 1 N–H and O–H groups in total. The van der Waals surface area contributed by atoms with Crippen molar-refractivity contribution < 1.29 is 25.8 Å². The smallest absolute Gasteiger partial charge is 0.246 e. The predicted octanol–water partition coefficient (Wildman–Crippen LogP) is 3.63. The monoisotopic (exact) mass is 474 g/mol. The molecule has 1 aromatic carbocycles. The van der Waals surface area contributed by atoms with E-state index in [1.807, 2.05) is 6.92 Å². The molecule has 2 atom stereocenters. The summed E-state index contributed by atoms with van der Waals surface area (Å²) in [6.45, 7) is 6.42. The number of alkyl halides is 3. The maximum atomic E-state index is 13.6. The zero-order valence-electron chi connectivity index (χ0n) is 17.1. The Labute approximate surface area is 180 Å². The first kappa shape index (κ1) is 23.4. The number of hydrogen-bond donors (Lipinski definition) is 1. The molecular formula is C19H21F3N4O3S2. The largest absolute Gasteiger partial charge is 0.410 e. The van der Waals surface area contributed by atoms with Gasteiger partial charge in [-0.25, -0.2) is 31.3 Å². The second-order valence-electron chi connectivity index (χ2n) is 7.91. The molecule has 3 rings (SSSR count). The number of nitrogens with zero attached hydrogens (tertiary/aromatic N) is 3. The van der Waals surface area contributed by atoms with Crippen molar-refractivity contribution in [2.45, 2.75) is 49.6 Å². The molecule has 0 aliphatic heterocycles. The van der Waals surface area contributed by atoms with Gasteiger partial charge in [0.15, 0.2) is 11.7 Å². The lowest BCUT2D eigenvalue weighted by Gasteiger charge is -2.25. The van der Waals surface area contributed by atoms with Crippen molar-refractivity contribution in [3.63, 3.8) is 0 Å². The minimum absolute atomic E-state index is 0.0110. The Morgan fingerprint density at radius 2 is 1.71 bits per heavy atom.